The molecule has 3 rings (SSSR count). The molecule has 21 heavy (non-hydrogen) atoms. The highest BCUT2D eigenvalue weighted by atomic mass is 19.1. The van der Waals surface area contributed by atoms with Gasteiger partial charge in [-0.3, -0.25) is 9.69 Å². The number of halogens is 1. The summed E-state index contributed by atoms with van der Waals surface area (Å²) >= 11 is 0. The Labute approximate surface area is 123 Å². The number of hydrogen-bond acceptors (Lipinski definition) is 3. The molecule has 2 aliphatic rings. The van der Waals surface area contributed by atoms with Crippen LogP contribution in [0.4, 0.5) is 4.39 Å². The zero-order chi connectivity index (χ0) is 14.8. The van der Waals surface area contributed by atoms with Crippen LogP contribution in [-0.2, 0) is 4.79 Å². The van der Waals surface area contributed by atoms with Crippen LogP contribution in [-0.4, -0.2) is 35.7 Å². The fourth-order valence-electron chi connectivity index (χ4n) is 3.36. The molecule has 1 N–H and O–H groups in total. The lowest BCUT2D eigenvalue weighted by Crippen LogP contribution is -2.38. The van der Waals surface area contributed by atoms with Crippen molar-refractivity contribution in [2.45, 2.75) is 31.7 Å². The van der Waals surface area contributed by atoms with Gasteiger partial charge < -0.3 is 9.84 Å². The Balaban J connectivity index is 1.78. The predicted molar refractivity (Wildman–Crippen MR) is 75.8 cm³/mol. The van der Waals surface area contributed by atoms with Crippen LogP contribution in [0.3, 0.4) is 0 Å². The number of carboxylic acids is 1. The van der Waals surface area contributed by atoms with Crippen molar-refractivity contribution in [2.75, 3.05) is 19.7 Å². The summed E-state index contributed by atoms with van der Waals surface area (Å²) < 4.78 is 19.0. The Bertz CT molecular complexity index is 526. The summed E-state index contributed by atoms with van der Waals surface area (Å²) in [7, 11) is 0. The molecule has 1 unspecified atom stereocenters. The van der Waals surface area contributed by atoms with Gasteiger partial charge >= 0.3 is 5.97 Å². The zero-order valence-electron chi connectivity index (χ0n) is 11.9. The van der Waals surface area contributed by atoms with Gasteiger partial charge in [0.1, 0.15) is 11.6 Å². The molecule has 0 amide bonds. The van der Waals surface area contributed by atoms with Crippen LogP contribution in [0, 0.1) is 11.7 Å². The molecule has 0 radical (unpaired) electrons. The maximum absolute atomic E-state index is 13.4. The first kappa shape index (κ1) is 14.3. The minimum Gasteiger partial charge on any atom is -0.493 e. The number of nitrogens with zero attached hydrogens (tertiary/aromatic N) is 1. The van der Waals surface area contributed by atoms with Crippen molar-refractivity contribution in [3.63, 3.8) is 0 Å². The van der Waals surface area contributed by atoms with Crippen molar-refractivity contribution in [1.82, 2.24) is 4.90 Å². The van der Waals surface area contributed by atoms with Gasteiger partial charge in [-0.1, -0.05) is 6.07 Å². The van der Waals surface area contributed by atoms with E-state index in [1.165, 1.54) is 12.1 Å². The molecule has 1 aromatic rings. The van der Waals surface area contributed by atoms with Gasteiger partial charge in [0.2, 0.25) is 0 Å². The van der Waals surface area contributed by atoms with Crippen molar-refractivity contribution in [2.24, 2.45) is 5.92 Å². The van der Waals surface area contributed by atoms with E-state index in [4.69, 9.17) is 9.84 Å². The lowest BCUT2D eigenvalue weighted by atomic mass is 9.93. The molecule has 1 fully saturated rings. The summed E-state index contributed by atoms with van der Waals surface area (Å²) in [5.74, 6) is -0.561. The number of carbonyl (C=O) groups is 1. The van der Waals surface area contributed by atoms with Crippen LogP contribution in [0.1, 0.15) is 37.3 Å². The molecular weight excluding hydrogens is 273 g/mol. The molecule has 0 saturated carbocycles. The SMILES string of the molecule is O=C(O)C1CCN(C2CCCOc3cc(F)ccc32)CC1. The summed E-state index contributed by atoms with van der Waals surface area (Å²) in [4.78, 5) is 13.4. The quantitative estimate of drug-likeness (QED) is 0.911. The molecule has 4 nitrogen and oxygen atoms in total. The van der Waals surface area contributed by atoms with Gasteiger partial charge in [-0.15, -0.1) is 0 Å². The average molecular weight is 293 g/mol. The first-order valence-corrected chi connectivity index (χ1v) is 7.54. The van der Waals surface area contributed by atoms with Crippen molar-refractivity contribution < 1.29 is 19.0 Å². The number of aliphatic carboxylic acids is 1. The van der Waals surface area contributed by atoms with E-state index < -0.39 is 5.97 Å². The lowest BCUT2D eigenvalue weighted by Gasteiger charge is -2.36. The third kappa shape index (κ3) is 3.02. The number of likely N-dealkylation sites (tertiary alicyclic amines) is 1. The van der Waals surface area contributed by atoms with E-state index in [-0.39, 0.29) is 17.8 Å². The number of hydrogen-bond donors (Lipinski definition) is 1. The number of rotatable bonds is 2. The average Bonchev–Trinajstić information content (AvgIpc) is 2.69. The Morgan fingerprint density at radius 2 is 2.05 bits per heavy atom. The van der Waals surface area contributed by atoms with Gasteiger partial charge in [0.25, 0.3) is 0 Å². The van der Waals surface area contributed by atoms with Gasteiger partial charge in [0.15, 0.2) is 0 Å². The fourth-order valence-corrected chi connectivity index (χ4v) is 3.36. The molecule has 0 aliphatic carbocycles. The standard InChI is InChI=1S/C16H20FNO3/c17-12-3-4-13-14(2-1-9-21-15(13)10-12)18-7-5-11(6-8-18)16(19)20/h3-4,10-11,14H,1-2,5-9H2,(H,19,20). The van der Waals surface area contributed by atoms with E-state index in [0.717, 1.165) is 31.5 Å². The minimum absolute atomic E-state index is 0.206. The number of carboxylic acid groups (broad SMARTS) is 1. The summed E-state index contributed by atoms with van der Waals surface area (Å²) in [6.45, 7) is 2.16. The second kappa shape index (κ2) is 6.02. The monoisotopic (exact) mass is 293 g/mol. The lowest BCUT2D eigenvalue weighted by molar-refractivity contribution is -0.143. The molecule has 0 aromatic heterocycles. The number of fused-ring (bicyclic) bond motifs is 1. The number of ether oxygens (including phenoxy) is 1. The van der Waals surface area contributed by atoms with Gasteiger partial charge in [-0.05, 0) is 44.8 Å². The van der Waals surface area contributed by atoms with Crippen molar-refractivity contribution >= 4 is 5.97 Å². The summed E-state index contributed by atoms with van der Waals surface area (Å²) in [6.07, 6.45) is 3.27. The summed E-state index contributed by atoms with van der Waals surface area (Å²) in [5.41, 5.74) is 1.03. The van der Waals surface area contributed by atoms with Crippen LogP contribution in [0.2, 0.25) is 0 Å². The topological polar surface area (TPSA) is 49.8 Å². The smallest absolute Gasteiger partial charge is 0.306 e. The molecule has 2 aliphatic heterocycles. The Morgan fingerprint density at radius 1 is 1.29 bits per heavy atom. The van der Waals surface area contributed by atoms with E-state index in [0.29, 0.717) is 25.2 Å². The van der Waals surface area contributed by atoms with Crippen LogP contribution >= 0.6 is 0 Å². The van der Waals surface area contributed by atoms with E-state index >= 15 is 0 Å². The Kier molecular flexibility index (Phi) is 4.10. The maximum atomic E-state index is 13.4. The number of piperidine rings is 1. The first-order valence-electron chi connectivity index (χ1n) is 7.54. The van der Waals surface area contributed by atoms with Crippen molar-refractivity contribution in [3.8, 4) is 5.75 Å². The third-order valence-electron chi connectivity index (χ3n) is 4.53. The molecule has 5 heteroatoms. The Morgan fingerprint density at radius 3 is 2.76 bits per heavy atom. The summed E-state index contributed by atoms with van der Waals surface area (Å²) in [5, 5.41) is 9.09. The van der Waals surface area contributed by atoms with Gasteiger partial charge in [-0.2, -0.15) is 0 Å². The van der Waals surface area contributed by atoms with Crippen molar-refractivity contribution in [3.05, 3.63) is 29.6 Å². The van der Waals surface area contributed by atoms with Crippen molar-refractivity contribution in [1.29, 1.82) is 0 Å². The predicted octanol–water partition coefficient (Wildman–Crippen LogP) is 2.84. The van der Waals surface area contributed by atoms with E-state index in [9.17, 15) is 9.18 Å². The molecule has 2 heterocycles. The highest BCUT2D eigenvalue weighted by Crippen LogP contribution is 2.37. The Hall–Kier alpha value is -1.62. The third-order valence-corrected chi connectivity index (χ3v) is 4.53. The zero-order valence-corrected chi connectivity index (χ0v) is 11.9. The van der Waals surface area contributed by atoms with E-state index in [2.05, 4.69) is 4.90 Å². The normalized spacial score (nSPS) is 24.0. The fraction of sp³-hybridized carbons (Fsp3) is 0.562. The van der Waals surface area contributed by atoms with Gasteiger partial charge in [0.05, 0.1) is 12.5 Å². The molecule has 1 aromatic carbocycles. The van der Waals surface area contributed by atoms with Crippen LogP contribution < -0.4 is 4.74 Å². The molecule has 0 spiro atoms. The van der Waals surface area contributed by atoms with Gasteiger partial charge in [0, 0.05) is 17.7 Å². The summed E-state index contributed by atoms with van der Waals surface area (Å²) in [6, 6.07) is 4.95. The molecule has 1 atom stereocenters. The molecular formula is C16H20FNO3. The number of benzene rings is 1. The maximum Gasteiger partial charge on any atom is 0.306 e. The molecule has 114 valence electrons. The minimum atomic E-state index is -0.693. The van der Waals surface area contributed by atoms with E-state index in [1.54, 1.807) is 0 Å². The molecule has 0 bridgehead atoms. The van der Waals surface area contributed by atoms with E-state index in [1.807, 2.05) is 6.07 Å². The first-order chi connectivity index (χ1) is 10.1. The van der Waals surface area contributed by atoms with Crippen LogP contribution in [0.25, 0.3) is 0 Å². The second-order valence-corrected chi connectivity index (χ2v) is 5.84. The van der Waals surface area contributed by atoms with Crippen LogP contribution in [0.15, 0.2) is 18.2 Å². The van der Waals surface area contributed by atoms with Gasteiger partial charge in [-0.25, -0.2) is 4.39 Å². The highest BCUT2D eigenvalue weighted by molar-refractivity contribution is 5.70. The van der Waals surface area contributed by atoms with Crippen LogP contribution in [0.5, 0.6) is 5.75 Å². The highest BCUT2D eigenvalue weighted by Gasteiger charge is 2.31. The largest absolute Gasteiger partial charge is 0.493 e. The second-order valence-electron chi connectivity index (χ2n) is 5.84. The molecule has 1 saturated heterocycles.